The summed E-state index contributed by atoms with van der Waals surface area (Å²) in [5.41, 5.74) is 1.71. The zero-order valence-corrected chi connectivity index (χ0v) is 14.1. The van der Waals surface area contributed by atoms with Gasteiger partial charge in [0.15, 0.2) is 0 Å². The van der Waals surface area contributed by atoms with Crippen molar-refractivity contribution in [1.29, 1.82) is 0 Å². The maximum Gasteiger partial charge on any atom is 0.0724 e. The highest BCUT2D eigenvalue weighted by Gasteiger charge is 2.29. The summed E-state index contributed by atoms with van der Waals surface area (Å²) in [5, 5.41) is 3.90. The summed E-state index contributed by atoms with van der Waals surface area (Å²) in [4.78, 5) is 0. The molecule has 2 rings (SSSR count). The van der Waals surface area contributed by atoms with Gasteiger partial charge in [-0.15, -0.1) is 0 Å². The van der Waals surface area contributed by atoms with Crippen LogP contribution in [0.4, 0.5) is 0 Å². The molecule has 1 aromatic carbocycles. The van der Waals surface area contributed by atoms with Crippen LogP contribution < -0.4 is 5.32 Å². The summed E-state index contributed by atoms with van der Waals surface area (Å²) in [6.07, 6.45) is 6.53. The van der Waals surface area contributed by atoms with Gasteiger partial charge in [-0.1, -0.05) is 63.9 Å². The average Bonchev–Trinajstić information content (AvgIpc) is 2.47. The first-order chi connectivity index (χ1) is 9.99. The second-order valence-corrected chi connectivity index (χ2v) is 7.56. The van der Waals surface area contributed by atoms with Crippen molar-refractivity contribution in [3.63, 3.8) is 0 Å². The lowest BCUT2D eigenvalue weighted by atomic mass is 9.84. The highest BCUT2D eigenvalue weighted by molar-refractivity contribution is 5.19. The first-order valence-electron chi connectivity index (χ1n) is 8.33. The van der Waals surface area contributed by atoms with Gasteiger partial charge in [-0.25, -0.2) is 0 Å². The molecule has 2 heteroatoms. The lowest BCUT2D eigenvalue weighted by molar-refractivity contribution is 0.0355. The van der Waals surface area contributed by atoms with Crippen molar-refractivity contribution in [2.24, 2.45) is 5.41 Å². The number of hydrogen-bond donors (Lipinski definition) is 1. The van der Waals surface area contributed by atoms with Crippen LogP contribution in [0.1, 0.15) is 64.5 Å². The largest absolute Gasteiger partial charge is 0.380 e. The predicted molar refractivity (Wildman–Crippen MR) is 89.4 cm³/mol. The minimum Gasteiger partial charge on any atom is -0.380 e. The van der Waals surface area contributed by atoms with E-state index in [1.54, 1.807) is 0 Å². The molecule has 118 valence electrons. The van der Waals surface area contributed by atoms with E-state index in [1.807, 2.05) is 7.11 Å². The van der Waals surface area contributed by atoms with E-state index in [-0.39, 0.29) is 0 Å². The fourth-order valence-corrected chi connectivity index (χ4v) is 3.40. The van der Waals surface area contributed by atoms with Crippen molar-refractivity contribution in [3.05, 3.63) is 35.9 Å². The zero-order valence-electron chi connectivity index (χ0n) is 14.1. The molecule has 1 aliphatic rings. The van der Waals surface area contributed by atoms with Crippen LogP contribution in [0.5, 0.6) is 0 Å². The van der Waals surface area contributed by atoms with E-state index in [9.17, 15) is 0 Å². The Hall–Kier alpha value is -0.860. The van der Waals surface area contributed by atoms with E-state index < -0.39 is 0 Å². The third-order valence-corrected chi connectivity index (χ3v) is 4.44. The summed E-state index contributed by atoms with van der Waals surface area (Å²) in [6.45, 7) is 6.96. The van der Waals surface area contributed by atoms with Crippen molar-refractivity contribution in [3.8, 4) is 0 Å². The highest BCUT2D eigenvalue weighted by Crippen LogP contribution is 2.31. The predicted octanol–water partition coefficient (Wildman–Crippen LogP) is 4.71. The molecule has 0 aromatic heterocycles. The molecule has 3 unspecified atom stereocenters. The summed E-state index contributed by atoms with van der Waals surface area (Å²) < 4.78 is 5.71. The summed E-state index contributed by atoms with van der Waals surface area (Å²) in [7, 11) is 1.85. The van der Waals surface area contributed by atoms with Crippen molar-refractivity contribution < 1.29 is 4.74 Å². The Morgan fingerprint density at radius 2 is 1.81 bits per heavy atom. The van der Waals surface area contributed by atoms with Crippen LogP contribution in [0.2, 0.25) is 0 Å². The van der Waals surface area contributed by atoms with Gasteiger partial charge in [0.05, 0.1) is 6.10 Å². The topological polar surface area (TPSA) is 21.3 Å². The molecule has 1 fully saturated rings. The van der Waals surface area contributed by atoms with Crippen LogP contribution in [-0.2, 0) is 4.74 Å². The Balaban J connectivity index is 2.11. The molecular weight excluding hydrogens is 258 g/mol. The maximum atomic E-state index is 5.71. The second-order valence-electron chi connectivity index (χ2n) is 7.56. The third kappa shape index (κ3) is 5.12. The molecule has 1 saturated carbocycles. The van der Waals surface area contributed by atoms with E-state index in [2.05, 4.69) is 56.4 Å². The van der Waals surface area contributed by atoms with Gasteiger partial charge >= 0.3 is 0 Å². The van der Waals surface area contributed by atoms with Gasteiger partial charge in [0, 0.05) is 19.2 Å². The Bertz CT molecular complexity index is 409. The van der Waals surface area contributed by atoms with E-state index >= 15 is 0 Å². The number of rotatable bonds is 5. The summed E-state index contributed by atoms with van der Waals surface area (Å²) in [5.74, 6) is 0. The normalized spacial score (nSPS) is 24.8. The SMILES string of the molecule is COC1CCCCC1NC(CC(C)(C)C)c1ccccc1. The number of nitrogens with one attached hydrogen (secondary N) is 1. The van der Waals surface area contributed by atoms with Crippen molar-refractivity contribution in [1.82, 2.24) is 5.32 Å². The molecule has 0 spiro atoms. The summed E-state index contributed by atoms with van der Waals surface area (Å²) >= 11 is 0. The first-order valence-corrected chi connectivity index (χ1v) is 8.33. The molecule has 0 saturated heterocycles. The molecular formula is C19H31NO. The van der Waals surface area contributed by atoms with Crippen molar-refractivity contribution in [2.45, 2.75) is 71.1 Å². The molecule has 0 aliphatic heterocycles. The quantitative estimate of drug-likeness (QED) is 0.847. The number of hydrogen-bond acceptors (Lipinski definition) is 2. The molecule has 1 aromatic rings. The van der Waals surface area contributed by atoms with Crippen molar-refractivity contribution in [2.75, 3.05) is 7.11 Å². The van der Waals surface area contributed by atoms with Crippen molar-refractivity contribution >= 4 is 0 Å². The van der Waals surface area contributed by atoms with E-state index in [0.29, 0.717) is 23.6 Å². The molecule has 21 heavy (non-hydrogen) atoms. The lowest BCUT2D eigenvalue weighted by Gasteiger charge is -2.36. The van der Waals surface area contributed by atoms with Gasteiger partial charge in [0.25, 0.3) is 0 Å². The van der Waals surface area contributed by atoms with Crippen LogP contribution >= 0.6 is 0 Å². The Morgan fingerprint density at radius 1 is 1.14 bits per heavy atom. The zero-order chi connectivity index (χ0) is 15.3. The van der Waals surface area contributed by atoms with Crippen LogP contribution in [-0.4, -0.2) is 19.3 Å². The van der Waals surface area contributed by atoms with Crippen LogP contribution in [0, 0.1) is 5.41 Å². The Morgan fingerprint density at radius 3 is 2.43 bits per heavy atom. The molecule has 0 radical (unpaired) electrons. The molecule has 0 amide bonds. The second kappa shape index (κ2) is 7.42. The molecule has 2 nitrogen and oxygen atoms in total. The maximum absolute atomic E-state index is 5.71. The van der Waals surface area contributed by atoms with Gasteiger partial charge < -0.3 is 10.1 Å². The summed E-state index contributed by atoms with van der Waals surface area (Å²) in [6, 6.07) is 11.8. The standard InChI is InChI=1S/C19H31NO/c1-19(2,3)14-17(15-10-6-5-7-11-15)20-16-12-8-9-13-18(16)21-4/h5-7,10-11,16-18,20H,8-9,12-14H2,1-4H3. The molecule has 1 N–H and O–H groups in total. The van der Waals surface area contributed by atoms with Crippen LogP contribution in [0.25, 0.3) is 0 Å². The molecule has 3 atom stereocenters. The van der Waals surface area contributed by atoms with E-state index in [4.69, 9.17) is 4.74 Å². The molecule has 0 bridgehead atoms. The molecule has 1 aliphatic carbocycles. The number of methoxy groups -OCH3 is 1. The minimum absolute atomic E-state index is 0.310. The monoisotopic (exact) mass is 289 g/mol. The van der Waals surface area contributed by atoms with Crippen LogP contribution in [0.15, 0.2) is 30.3 Å². The van der Waals surface area contributed by atoms with Gasteiger partial charge in [-0.05, 0) is 30.2 Å². The smallest absolute Gasteiger partial charge is 0.0724 e. The number of benzene rings is 1. The van der Waals surface area contributed by atoms with Gasteiger partial charge in [-0.2, -0.15) is 0 Å². The lowest BCUT2D eigenvalue weighted by Crippen LogP contribution is -2.45. The Kier molecular flexibility index (Phi) is 5.83. The fraction of sp³-hybridized carbons (Fsp3) is 0.684. The van der Waals surface area contributed by atoms with Gasteiger partial charge in [0.1, 0.15) is 0 Å². The third-order valence-electron chi connectivity index (χ3n) is 4.44. The van der Waals surface area contributed by atoms with Crippen LogP contribution in [0.3, 0.4) is 0 Å². The van der Waals surface area contributed by atoms with Gasteiger partial charge in [0.2, 0.25) is 0 Å². The fourth-order valence-electron chi connectivity index (χ4n) is 3.40. The Labute approximate surface area is 130 Å². The average molecular weight is 289 g/mol. The van der Waals surface area contributed by atoms with E-state index in [0.717, 1.165) is 6.42 Å². The van der Waals surface area contributed by atoms with E-state index in [1.165, 1.54) is 31.2 Å². The molecule has 0 heterocycles. The minimum atomic E-state index is 0.310. The van der Waals surface area contributed by atoms with Gasteiger partial charge in [-0.3, -0.25) is 0 Å². The highest BCUT2D eigenvalue weighted by atomic mass is 16.5. The first kappa shape index (κ1) is 16.5. The number of ether oxygens (including phenoxy) is 1.